The number of carbonyl (C=O) groups is 1. The Morgan fingerprint density at radius 1 is 1.30 bits per heavy atom. The summed E-state index contributed by atoms with van der Waals surface area (Å²) in [4.78, 5) is 12.8. The van der Waals surface area contributed by atoms with Crippen LogP contribution in [-0.2, 0) is 17.6 Å². The summed E-state index contributed by atoms with van der Waals surface area (Å²) in [6.45, 7) is 0. The first-order valence-electron chi connectivity index (χ1n) is 7.29. The molecule has 2 aliphatic rings. The molecule has 1 amide bonds. The Balaban J connectivity index is 1.68. The lowest BCUT2D eigenvalue weighted by molar-refractivity contribution is -0.131. The van der Waals surface area contributed by atoms with Gasteiger partial charge in [-0.05, 0) is 43.2 Å². The number of aryl methyl sites for hydroxylation is 1. The van der Waals surface area contributed by atoms with Crippen molar-refractivity contribution >= 4 is 23.1 Å². The van der Waals surface area contributed by atoms with Crippen LogP contribution < -0.4 is 11.1 Å². The molecule has 3 rings (SSSR count). The lowest BCUT2D eigenvalue weighted by Gasteiger charge is -2.40. The summed E-state index contributed by atoms with van der Waals surface area (Å²) in [5.74, 6) is 0.0423. The van der Waals surface area contributed by atoms with Crippen molar-refractivity contribution in [2.45, 2.75) is 44.6 Å². The molecule has 1 atom stereocenters. The highest BCUT2D eigenvalue weighted by Gasteiger charge is 2.47. The molecule has 1 saturated carbocycles. The maximum absolute atomic E-state index is 12.5. The maximum Gasteiger partial charge on any atom is 0.233 e. The van der Waals surface area contributed by atoms with Crippen molar-refractivity contribution in [2.24, 2.45) is 11.1 Å². The SMILES string of the molecule is NC(=S)C1(C(=O)NC2CCc3ccccc3C2)CCC1. The third kappa shape index (κ3) is 2.22. The Labute approximate surface area is 124 Å². The minimum absolute atomic E-state index is 0.0423. The molecule has 0 aliphatic heterocycles. The molecule has 0 spiro atoms. The van der Waals surface area contributed by atoms with E-state index in [-0.39, 0.29) is 11.9 Å². The van der Waals surface area contributed by atoms with Crippen LogP contribution in [0.3, 0.4) is 0 Å². The second kappa shape index (κ2) is 5.17. The number of hydrogen-bond donors (Lipinski definition) is 2. The summed E-state index contributed by atoms with van der Waals surface area (Å²) in [5.41, 5.74) is 7.98. The third-order valence-electron chi connectivity index (χ3n) is 4.80. The molecule has 4 heteroatoms. The standard InChI is InChI=1S/C16H20N2OS/c17-14(20)16(8-3-9-16)15(19)18-13-7-6-11-4-1-2-5-12(11)10-13/h1-2,4-5,13H,3,6-10H2,(H2,17,20)(H,18,19). The molecule has 0 radical (unpaired) electrons. The van der Waals surface area contributed by atoms with Gasteiger partial charge in [0.2, 0.25) is 5.91 Å². The number of carbonyl (C=O) groups excluding carboxylic acids is 1. The van der Waals surface area contributed by atoms with Gasteiger partial charge in [-0.2, -0.15) is 0 Å². The summed E-state index contributed by atoms with van der Waals surface area (Å²) < 4.78 is 0. The van der Waals surface area contributed by atoms with Crippen molar-refractivity contribution in [1.29, 1.82) is 0 Å². The van der Waals surface area contributed by atoms with Crippen molar-refractivity contribution in [1.82, 2.24) is 5.32 Å². The van der Waals surface area contributed by atoms with E-state index in [0.717, 1.165) is 38.5 Å². The fourth-order valence-corrected chi connectivity index (χ4v) is 3.56. The molecule has 3 N–H and O–H groups in total. The van der Waals surface area contributed by atoms with E-state index in [2.05, 4.69) is 29.6 Å². The van der Waals surface area contributed by atoms with Gasteiger partial charge in [0.15, 0.2) is 0 Å². The van der Waals surface area contributed by atoms with E-state index in [1.807, 2.05) is 0 Å². The smallest absolute Gasteiger partial charge is 0.233 e. The van der Waals surface area contributed by atoms with Gasteiger partial charge in [-0.25, -0.2) is 0 Å². The third-order valence-corrected chi connectivity index (χ3v) is 5.19. The molecule has 106 valence electrons. The Morgan fingerprint density at radius 3 is 2.60 bits per heavy atom. The number of fused-ring (bicyclic) bond motifs is 1. The Hall–Kier alpha value is -1.42. The molecule has 2 aliphatic carbocycles. The second-order valence-electron chi connectivity index (χ2n) is 5.98. The van der Waals surface area contributed by atoms with Crippen LogP contribution in [0.15, 0.2) is 24.3 Å². The molecule has 0 saturated heterocycles. The topological polar surface area (TPSA) is 55.1 Å². The first-order chi connectivity index (χ1) is 9.62. The number of hydrogen-bond acceptors (Lipinski definition) is 2. The quantitative estimate of drug-likeness (QED) is 0.838. The first kappa shape index (κ1) is 13.6. The van der Waals surface area contributed by atoms with Gasteiger partial charge in [0.1, 0.15) is 0 Å². The highest BCUT2D eigenvalue weighted by atomic mass is 32.1. The number of nitrogens with one attached hydrogen (secondary N) is 1. The number of nitrogens with two attached hydrogens (primary N) is 1. The predicted molar refractivity (Wildman–Crippen MR) is 83.5 cm³/mol. The van der Waals surface area contributed by atoms with Gasteiger partial charge in [-0.1, -0.05) is 42.9 Å². The number of rotatable bonds is 3. The zero-order valence-corrected chi connectivity index (χ0v) is 12.3. The van der Waals surface area contributed by atoms with E-state index in [4.69, 9.17) is 18.0 Å². The molecular formula is C16H20N2OS. The summed E-state index contributed by atoms with van der Waals surface area (Å²) in [7, 11) is 0. The second-order valence-corrected chi connectivity index (χ2v) is 6.42. The summed E-state index contributed by atoms with van der Waals surface area (Å²) >= 11 is 5.10. The van der Waals surface area contributed by atoms with Crippen LogP contribution in [0.4, 0.5) is 0 Å². The molecule has 20 heavy (non-hydrogen) atoms. The van der Waals surface area contributed by atoms with Gasteiger partial charge in [0.25, 0.3) is 0 Å². The first-order valence-corrected chi connectivity index (χ1v) is 7.70. The normalized spacial score (nSPS) is 23.3. The van der Waals surface area contributed by atoms with E-state index < -0.39 is 5.41 Å². The van der Waals surface area contributed by atoms with Crippen molar-refractivity contribution in [3.63, 3.8) is 0 Å². The Morgan fingerprint density at radius 2 is 2.00 bits per heavy atom. The fraction of sp³-hybridized carbons (Fsp3) is 0.500. The highest BCUT2D eigenvalue weighted by molar-refractivity contribution is 7.80. The molecule has 0 heterocycles. The molecule has 3 nitrogen and oxygen atoms in total. The Bertz CT molecular complexity index is 551. The van der Waals surface area contributed by atoms with E-state index >= 15 is 0 Å². The lowest BCUT2D eigenvalue weighted by atomic mass is 9.67. The number of amides is 1. The van der Waals surface area contributed by atoms with E-state index in [9.17, 15) is 4.79 Å². The van der Waals surface area contributed by atoms with Gasteiger partial charge in [0, 0.05) is 6.04 Å². The average molecular weight is 288 g/mol. The van der Waals surface area contributed by atoms with Crippen LogP contribution in [0.25, 0.3) is 0 Å². The monoisotopic (exact) mass is 288 g/mol. The van der Waals surface area contributed by atoms with Crippen LogP contribution in [0, 0.1) is 5.41 Å². The fourth-order valence-electron chi connectivity index (χ4n) is 3.26. The van der Waals surface area contributed by atoms with Crippen LogP contribution in [-0.4, -0.2) is 16.9 Å². The largest absolute Gasteiger partial charge is 0.392 e. The lowest BCUT2D eigenvalue weighted by Crippen LogP contribution is -2.55. The maximum atomic E-state index is 12.5. The van der Waals surface area contributed by atoms with Crippen molar-refractivity contribution in [3.05, 3.63) is 35.4 Å². The van der Waals surface area contributed by atoms with Crippen LogP contribution in [0.2, 0.25) is 0 Å². The summed E-state index contributed by atoms with van der Waals surface area (Å²) in [6, 6.07) is 8.68. The van der Waals surface area contributed by atoms with Crippen LogP contribution in [0.1, 0.15) is 36.8 Å². The molecule has 1 aromatic rings. The molecule has 0 bridgehead atoms. The van der Waals surface area contributed by atoms with Crippen LogP contribution >= 0.6 is 12.2 Å². The zero-order valence-electron chi connectivity index (χ0n) is 11.5. The van der Waals surface area contributed by atoms with Gasteiger partial charge in [-0.15, -0.1) is 0 Å². The summed E-state index contributed by atoms with van der Waals surface area (Å²) in [6.07, 6.45) is 5.58. The van der Waals surface area contributed by atoms with Gasteiger partial charge >= 0.3 is 0 Å². The summed E-state index contributed by atoms with van der Waals surface area (Å²) in [5, 5.41) is 3.18. The molecule has 0 aromatic heterocycles. The van der Waals surface area contributed by atoms with Crippen molar-refractivity contribution in [2.75, 3.05) is 0 Å². The van der Waals surface area contributed by atoms with E-state index in [1.54, 1.807) is 0 Å². The number of benzene rings is 1. The van der Waals surface area contributed by atoms with Crippen LogP contribution in [0.5, 0.6) is 0 Å². The minimum Gasteiger partial charge on any atom is -0.392 e. The van der Waals surface area contributed by atoms with Gasteiger partial charge in [0.05, 0.1) is 10.4 Å². The van der Waals surface area contributed by atoms with E-state index in [1.165, 1.54) is 11.1 Å². The molecular weight excluding hydrogens is 268 g/mol. The minimum atomic E-state index is -0.563. The zero-order chi connectivity index (χ0) is 14.2. The molecule has 1 aromatic carbocycles. The highest BCUT2D eigenvalue weighted by Crippen LogP contribution is 2.41. The molecule has 1 unspecified atom stereocenters. The number of thiocarbonyl (C=S) groups is 1. The molecule has 1 fully saturated rings. The van der Waals surface area contributed by atoms with Crippen molar-refractivity contribution < 1.29 is 4.79 Å². The average Bonchev–Trinajstić information content (AvgIpc) is 2.36. The Kier molecular flexibility index (Phi) is 3.50. The van der Waals surface area contributed by atoms with Crippen molar-refractivity contribution in [3.8, 4) is 0 Å². The van der Waals surface area contributed by atoms with Gasteiger partial charge < -0.3 is 11.1 Å². The predicted octanol–water partition coefficient (Wildman–Crippen LogP) is 2.12. The van der Waals surface area contributed by atoms with Gasteiger partial charge in [-0.3, -0.25) is 4.79 Å². The van der Waals surface area contributed by atoms with E-state index in [0.29, 0.717) is 4.99 Å².